The van der Waals surface area contributed by atoms with Gasteiger partial charge in [-0.05, 0) is 12.1 Å². The van der Waals surface area contributed by atoms with Gasteiger partial charge in [-0.1, -0.05) is 0 Å². The summed E-state index contributed by atoms with van der Waals surface area (Å²) in [5.74, 6) is 0. The average Bonchev–Trinajstić information content (AvgIpc) is 2.53. The van der Waals surface area contributed by atoms with E-state index >= 15 is 0 Å². The number of nitrogens with zero attached hydrogens (tertiary/aromatic N) is 4. The van der Waals surface area contributed by atoms with Crippen LogP contribution in [0, 0.1) is 32.8 Å². The van der Waals surface area contributed by atoms with E-state index in [9.17, 15) is 10.1 Å². The third-order valence-corrected chi connectivity index (χ3v) is 3.11. The van der Waals surface area contributed by atoms with Crippen molar-refractivity contribution in [2.24, 2.45) is 0 Å². The topological polar surface area (TPSA) is 103 Å². The van der Waals surface area contributed by atoms with Gasteiger partial charge in [-0.15, -0.1) is 0 Å². The van der Waals surface area contributed by atoms with Crippen LogP contribution in [0.25, 0.3) is 6.08 Å². The van der Waals surface area contributed by atoms with Gasteiger partial charge in [-0.2, -0.15) is 10.5 Å². The van der Waals surface area contributed by atoms with Crippen LogP contribution in [-0.4, -0.2) is 31.2 Å². The molecular formula is C14H12N4O3. The Morgan fingerprint density at radius 3 is 2.57 bits per heavy atom. The van der Waals surface area contributed by atoms with Crippen molar-refractivity contribution in [2.75, 3.05) is 31.2 Å². The number of morpholine rings is 1. The van der Waals surface area contributed by atoms with Gasteiger partial charge < -0.3 is 9.64 Å². The molecule has 1 aromatic rings. The molecule has 0 atom stereocenters. The van der Waals surface area contributed by atoms with Gasteiger partial charge in [0, 0.05) is 36.5 Å². The van der Waals surface area contributed by atoms with E-state index in [0.29, 0.717) is 31.9 Å². The number of allylic oxidation sites excluding steroid dienone is 1. The summed E-state index contributed by atoms with van der Waals surface area (Å²) in [6.07, 6.45) is 1.37. The molecule has 0 aliphatic carbocycles. The van der Waals surface area contributed by atoms with Crippen molar-refractivity contribution in [1.29, 1.82) is 10.5 Å². The maximum atomic E-state index is 10.9. The molecule has 0 saturated carbocycles. The van der Waals surface area contributed by atoms with Crippen molar-refractivity contribution in [2.45, 2.75) is 0 Å². The number of hydrogen-bond donors (Lipinski definition) is 0. The molecule has 1 saturated heterocycles. The standard InChI is InChI=1S/C14H12N4O3/c15-9-11(10-16)7-12-8-13(18(19)20)1-2-14(12)17-3-5-21-6-4-17/h1-2,7-8H,3-6H2. The summed E-state index contributed by atoms with van der Waals surface area (Å²) in [5, 5.41) is 28.6. The van der Waals surface area contributed by atoms with E-state index in [-0.39, 0.29) is 11.3 Å². The van der Waals surface area contributed by atoms with Crippen molar-refractivity contribution in [3.05, 3.63) is 39.4 Å². The van der Waals surface area contributed by atoms with E-state index in [2.05, 4.69) is 0 Å². The van der Waals surface area contributed by atoms with Gasteiger partial charge in [0.1, 0.15) is 17.7 Å². The van der Waals surface area contributed by atoms with Gasteiger partial charge in [0.2, 0.25) is 0 Å². The lowest BCUT2D eigenvalue weighted by Crippen LogP contribution is -2.36. The first-order valence-corrected chi connectivity index (χ1v) is 6.28. The molecule has 0 unspecified atom stereocenters. The number of nitro groups is 1. The van der Waals surface area contributed by atoms with Crippen LogP contribution >= 0.6 is 0 Å². The minimum Gasteiger partial charge on any atom is -0.378 e. The van der Waals surface area contributed by atoms with Crippen LogP contribution in [0.2, 0.25) is 0 Å². The van der Waals surface area contributed by atoms with E-state index in [1.165, 1.54) is 18.2 Å². The number of nitriles is 2. The van der Waals surface area contributed by atoms with Crippen molar-refractivity contribution in [3.8, 4) is 12.1 Å². The quantitative estimate of drug-likeness (QED) is 0.476. The SMILES string of the molecule is N#CC(C#N)=Cc1cc([N+](=O)[O-])ccc1N1CCOCC1. The van der Waals surface area contributed by atoms with E-state index in [1.54, 1.807) is 18.2 Å². The summed E-state index contributed by atoms with van der Waals surface area (Å²) in [5.41, 5.74) is 1.08. The van der Waals surface area contributed by atoms with Crippen LogP contribution in [0.5, 0.6) is 0 Å². The third-order valence-electron chi connectivity index (χ3n) is 3.11. The summed E-state index contributed by atoms with van der Waals surface area (Å²) in [4.78, 5) is 12.4. The maximum absolute atomic E-state index is 10.9. The lowest BCUT2D eigenvalue weighted by Gasteiger charge is -2.30. The van der Waals surface area contributed by atoms with Crippen molar-refractivity contribution < 1.29 is 9.66 Å². The average molecular weight is 284 g/mol. The Labute approximate surface area is 121 Å². The molecule has 2 rings (SSSR count). The van der Waals surface area contributed by atoms with Gasteiger partial charge in [-0.3, -0.25) is 10.1 Å². The predicted octanol–water partition coefficient (Wildman–Crippen LogP) is 1.86. The summed E-state index contributed by atoms with van der Waals surface area (Å²) < 4.78 is 5.28. The second kappa shape index (κ2) is 6.51. The Kier molecular flexibility index (Phi) is 4.50. The molecule has 1 heterocycles. The number of ether oxygens (including phenoxy) is 1. The molecule has 0 radical (unpaired) electrons. The zero-order valence-electron chi connectivity index (χ0n) is 11.2. The highest BCUT2D eigenvalue weighted by Gasteiger charge is 2.17. The van der Waals surface area contributed by atoms with Crippen LogP contribution in [0.1, 0.15) is 5.56 Å². The fourth-order valence-electron chi connectivity index (χ4n) is 2.11. The molecule has 0 aromatic heterocycles. The minimum atomic E-state index is -0.501. The molecule has 0 spiro atoms. The van der Waals surface area contributed by atoms with Gasteiger partial charge in [0.05, 0.1) is 18.1 Å². The Morgan fingerprint density at radius 1 is 1.33 bits per heavy atom. The number of anilines is 1. The molecule has 0 bridgehead atoms. The van der Waals surface area contributed by atoms with Gasteiger partial charge >= 0.3 is 0 Å². The molecule has 7 heteroatoms. The molecule has 21 heavy (non-hydrogen) atoms. The smallest absolute Gasteiger partial charge is 0.270 e. The fourth-order valence-corrected chi connectivity index (χ4v) is 2.11. The molecule has 1 aliphatic rings. The molecule has 0 amide bonds. The van der Waals surface area contributed by atoms with Crippen LogP contribution in [0.15, 0.2) is 23.8 Å². The molecule has 106 valence electrons. The van der Waals surface area contributed by atoms with E-state index in [0.717, 1.165) is 5.69 Å². The normalized spacial score (nSPS) is 13.9. The molecule has 1 aliphatic heterocycles. The molecule has 7 nitrogen and oxygen atoms in total. The number of non-ortho nitro benzene ring substituents is 1. The lowest BCUT2D eigenvalue weighted by molar-refractivity contribution is -0.384. The van der Waals surface area contributed by atoms with Gasteiger partial charge in [-0.25, -0.2) is 0 Å². The summed E-state index contributed by atoms with van der Waals surface area (Å²) >= 11 is 0. The molecule has 0 N–H and O–H groups in total. The second-order valence-corrected chi connectivity index (χ2v) is 4.38. The monoisotopic (exact) mass is 284 g/mol. The Morgan fingerprint density at radius 2 is 2.00 bits per heavy atom. The van der Waals surface area contributed by atoms with Crippen LogP contribution in [0.3, 0.4) is 0 Å². The van der Waals surface area contributed by atoms with Crippen LogP contribution in [0.4, 0.5) is 11.4 Å². The number of hydrogen-bond acceptors (Lipinski definition) is 6. The number of benzene rings is 1. The molecule has 1 fully saturated rings. The number of rotatable bonds is 3. The fraction of sp³-hybridized carbons (Fsp3) is 0.286. The van der Waals surface area contributed by atoms with E-state index in [4.69, 9.17) is 15.3 Å². The molecular weight excluding hydrogens is 272 g/mol. The first-order chi connectivity index (χ1) is 10.2. The van der Waals surface area contributed by atoms with Crippen molar-refractivity contribution in [3.63, 3.8) is 0 Å². The zero-order valence-corrected chi connectivity index (χ0v) is 11.2. The van der Waals surface area contributed by atoms with Gasteiger partial charge in [0.15, 0.2) is 0 Å². The summed E-state index contributed by atoms with van der Waals surface area (Å²) in [6.45, 7) is 2.47. The largest absolute Gasteiger partial charge is 0.378 e. The predicted molar refractivity (Wildman–Crippen MR) is 75.3 cm³/mol. The van der Waals surface area contributed by atoms with E-state index < -0.39 is 4.92 Å². The summed E-state index contributed by atoms with van der Waals surface area (Å²) in [6, 6.07) is 7.96. The van der Waals surface area contributed by atoms with Gasteiger partial charge in [0.25, 0.3) is 5.69 Å². The third kappa shape index (κ3) is 3.35. The second-order valence-electron chi connectivity index (χ2n) is 4.38. The number of nitro benzene ring substituents is 1. The summed E-state index contributed by atoms with van der Waals surface area (Å²) in [7, 11) is 0. The minimum absolute atomic E-state index is 0.0755. The highest BCUT2D eigenvalue weighted by atomic mass is 16.6. The Balaban J connectivity index is 2.49. The van der Waals surface area contributed by atoms with Crippen LogP contribution in [-0.2, 0) is 4.74 Å². The zero-order chi connectivity index (χ0) is 15.2. The first kappa shape index (κ1) is 14.5. The Hall–Kier alpha value is -2.90. The maximum Gasteiger partial charge on any atom is 0.270 e. The lowest BCUT2D eigenvalue weighted by atomic mass is 10.1. The highest BCUT2D eigenvalue weighted by Crippen LogP contribution is 2.28. The van der Waals surface area contributed by atoms with Crippen molar-refractivity contribution in [1.82, 2.24) is 0 Å². The molecule has 1 aromatic carbocycles. The van der Waals surface area contributed by atoms with Crippen molar-refractivity contribution >= 4 is 17.5 Å². The first-order valence-electron chi connectivity index (χ1n) is 6.28. The highest BCUT2D eigenvalue weighted by molar-refractivity contribution is 5.74. The van der Waals surface area contributed by atoms with E-state index in [1.807, 2.05) is 4.90 Å². The Bertz CT molecular complexity index is 648. The van der Waals surface area contributed by atoms with Crippen LogP contribution < -0.4 is 4.90 Å².